The predicted molar refractivity (Wildman–Crippen MR) is 79.0 cm³/mol. The van der Waals surface area contributed by atoms with E-state index in [4.69, 9.17) is 10.8 Å². The Morgan fingerprint density at radius 2 is 2.05 bits per heavy atom. The van der Waals surface area contributed by atoms with Gasteiger partial charge in [-0.25, -0.2) is 9.78 Å². The minimum Gasteiger partial charge on any atom is -0.478 e. The molecular weight excluding hydrogens is 254 g/mol. The smallest absolute Gasteiger partial charge is 0.337 e. The SMILES string of the molecule is CN(CCc1ccccc1)c1ncc(C(=O)O)cc1N. The highest BCUT2D eigenvalue weighted by atomic mass is 16.4. The topological polar surface area (TPSA) is 79.5 Å². The number of carboxylic acids is 1. The Morgan fingerprint density at radius 3 is 2.65 bits per heavy atom. The van der Waals surface area contributed by atoms with E-state index in [0.717, 1.165) is 13.0 Å². The van der Waals surface area contributed by atoms with Crippen LogP contribution in [0.3, 0.4) is 0 Å². The fourth-order valence-electron chi connectivity index (χ4n) is 1.96. The van der Waals surface area contributed by atoms with Crippen LogP contribution in [0.1, 0.15) is 15.9 Å². The van der Waals surface area contributed by atoms with E-state index in [-0.39, 0.29) is 5.56 Å². The van der Waals surface area contributed by atoms with Gasteiger partial charge in [-0.05, 0) is 18.1 Å². The Bertz CT molecular complexity index is 599. The van der Waals surface area contributed by atoms with E-state index in [2.05, 4.69) is 17.1 Å². The molecule has 1 aromatic heterocycles. The van der Waals surface area contributed by atoms with Crippen LogP contribution in [0.25, 0.3) is 0 Å². The van der Waals surface area contributed by atoms with Gasteiger partial charge in [0.15, 0.2) is 5.82 Å². The van der Waals surface area contributed by atoms with Gasteiger partial charge in [0.25, 0.3) is 0 Å². The Labute approximate surface area is 117 Å². The Kier molecular flexibility index (Phi) is 4.20. The lowest BCUT2D eigenvalue weighted by molar-refractivity contribution is 0.0696. The number of pyridine rings is 1. The number of carbonyl (C=O) groups is 1. The quantitative estimate of drug-likeness (QED) is 0.870. The maximum Gasteiger partial charge on any atom is 0.337 e. The summed E-state index contributed by atoms with van der Waals surface area (Å²) in [5.41, 5.74) is 7.57. The van der Waals surface area contributed by atoms with Crippen LogP contribution in [0.5, 0.6) is 0 Å². The van der Waals surface area contributed by atoms with E-state index >= 15 is 0 Å². The molecule has 0 amide bonds. The molecule has 0 aliphatic rings. The summed E-state index contributed by atoms with van der Waals surface area (Å²) in [5.74, 6) is -0.423. The fraction of sp³-hybridized carbons (Fsp3) is 0.200. The molecule has 0 aliphatic heterocycles. The summed E-state index contributed by atoms with van der Waals surface area (Å²) < 4.78 is 0. The third-order valence-electron chi connectivity index (χ3n) is 3.08. The summed E-state index contributed by atoms with van der Waals surface area (Å²) in [6.07, 6.45) is 2.20. The summed E-state index contributed by atoms with van der Waals surface area (Å²) in [7, 11) is 1.89. The lowest BCUT2D eigenvalue weighted by Crippen LogP contribution is -2.22. The van der Waals surface area contributed by atoms with Crippen molar-refractivity contribution < 1.29 is 9.90 Å². The number of nitrogen functional groups attached to an aromatic ring is 1. The van der Waals surface area contributed by atoms with Crippen molar-refractivity contribution in [3.8, 4) is 0 Å². The van der Waals surface area contributed by atoms with E-state index in [1.807, 2.05) is 30.1 Å². The van der Waals surface area contributed by atoms with Crippen molar-refractivity contribution in [3.05, 3.63) is 53.7 Å². The molecule has 104 valence electrons. The van der Waals surface area contributed by atoms with Crippen molar-refractivity contribution >= 4 is 17.5 Å². The van der Waals surface area contributed by atoms with Gasteiger partial charge in [-0.15, -0.1) is 0 Å². The van der Waals surface area contributed by atoms with Crippen LogP contribution in [0.15, 0.2) is 42.6 Å². The number of likely N-dealkylation sites (N-methyl/N-ethyl adjacent to an activating group) is 1. The van der Waals surface area contributed by atoms with Crippen LogP contribution >= 0.6 is 0 Å². The number of benzene rings is 1. The first kappa shape index (κ1) is 13.9. The number of nitrogens with two attached hydrogens (primary N) is 1. The molecule has 0 radical (unpaired) electrons. The lowest BCUT2D eigenvalue weighted by Gasteiger charge is -2.20. The van der Waals surface area contributed by atoms with Crippen molar-refractivity contribution in [2.24, 2.45) is 0 Å². The van der Waals surface area contributed by atoms with Crippen molar-refractivity contribution in [3.63, 3.8) is 0 Å². The lowest BCUT2D eigenvalue weighted by atomic mass is 10.1. The van der Waals surface area contributed by atoms with E-state index in [0.29, 0.717) is 11.5 Å². The highest BCUT2D eigenvalue weighted by molar-refractivity contribution is 5.89. The van der Waals surface area contributed by atoms with Gasteiger partial charge in [0.05, 0.1) is 11.3 Å². The largest absolute Gasteiger partial charge is 0.478 e. The van der Waals surface area contributed by atoms with E-state index in [1.54, 1.807) is 0 Å². The fourth-order valence-corrected chi connectivity index (χ4v) is 1.96. The van der Waals surface area contributed by atoms with Gasteiger partial charge >= 0.3 is 5.97 Å². The molecule has 1 heterocycles. The Balaban J connectivity index is 2.06. The van der Waals surface area contributed by atoms with E-state index in [9.17, 15) is 4.79 Å². The molecule has 0 atom stereocenters. The summed E-state index contributed by atoms with van der Waals surface area (Å²) in [4.78, 5) is 16.9. The standard InChI is InChI=1S/C15H17N3O2/c1-18(8-7-11-5-3-2-4-6-11)14-13(16)9-12(10-17-14)15(19)20/h2-6,9-10H,7-8,16H2,1H3,(H,19,20). The van der Waals surface area contributed by atoms with E-state index < -0.39 is 5.97 Å². The zero-order valence-electron chi connectivity index (χ0n) is 11.3. The average molecular weight is 271 g/mol. The van der Waals surface area contributed by atoms with Crippen LogP contribution in [-0.4, -0.2) is 29.7 Å². The third kappa shape index (κ3) is 3.26. The summed E-state index contributed by atoms with van der Waals surface area (Å²) in [6.45, 7) is 0.758. The number of anilines is 2. The van der Waals surface area contributed by atoms with Crippen molar-refractivity contribution in [1.82, 2.24) is 4.98 Å². The molecule has 2 aromatic rings. The molecule has 0 saturated heterocycles. The number of hydrogen-bond acceptors (Lipinski definition) is 4. The van der Waals surface area contributed by atoms with E-state index in [1.165, 1.54) is 17.8 Å². The van der Waals surface area contributed by atoms with Crippen LogP contribution in [0.2, 0.25) is 0 Å². The van der Waals surface area contributed by atoms with Crippen molar-refractivity contribution in [1.29, 1.82) is 0 Å². The van der Waals surface area contributed by atoms with Crippen LogP contribution in [0, 0.1) is 0 Å². The molecule has 3 N–H and O–H groups in total. The number of aromatic nitrogens is 1. The molecular formula is C15H17N3O2. The summed E-state index contributed by atoms with van der Waals surface area (Å²) in [6, 6.07) is 11.6. The molecule has 20 heavy (non-hydrogen) atoms. The maximum atomic E-state index is 10.8. The highest BCUT2D eigenvalue weighted by Crippen LogP contribution is 2.20. The first-order valence-electron chi connectivity index (χ1n) is 6.32. The monoisotopic (exact) mass is 271 g/mol. The predicted octanol–water partition coefficient (Wildman–Crippen LogP) is 2.04. The second-order valence-electron chi connectivity index (χ2n) is 4.60. The molecule has 0 unspecified atom stereocenters. The zero-order chi connectivity index (χ0) is 14.5. The van der Waals surface area contributed by atoms with Crippen LogP contribution in [0.4, 0.5) is 11.5 Å². The van der Waals surface area contributed by atoms with Gasteiger partial charge in [-0.2, -0.15) is 0 Å². The number of aromatic carboxylic acids is 1. The second-order valence-corrected chi connectivity index (χ2v) is 4.60. The first-order valence-corrected chi connectivity index (χ1v) is 6.32. The number of rotatable bonds is 5. The molecule has 2 rings (SSSR count). The maximum absolute atomic E-state index is 10.8. The average Bonchev–Trinajstić information content (AvgIpc) is 2.45. The molecule has 0 saturated carbocycles. The van der Waals surface area contributed by atoms with Gasteiger partial charge in [0, 0.05) is 19.8 Å². The van der Waals surface area contributed by atoms with Gasteiger partial charge in [-0.1, -0.05) is 30.3 Å². The van der Waals surface area contributed by atoms with Gasteiger partial charge < -0.3 is 15.7 Å². The molecule has 0 fully saturated rings. The molecule has 0 spiro atoms. The molecule has 5 nitrogen and oxygen atoms in total. The Morgan fingerprint density at radius 1 is 1.35 bits per heavy atom. The minimum atomic E-state index is -1.03. The number of nitrogens with zero attached hydrogens (tertiary/aromatic N) is 2. The number of hydrogen-bond donors (Lipinski definition) is 2. The highest BCUT2D eigenvalue weighted by Gasteiger charge is 2.11. The zero-order valence-corrected chi connectivity index (χ0v) is 11.3. The second kappa shape index (κ2) is 6.06. The molecule has 0 bridgehead atoms. The third-order valence-corrected chi connectivity index (χ3v) is 3.08. The van der Waals surface area contributed by atoms with Gasteiger partial charge in [0.2, 0.25) is 0 Å². The van der Waals surface area contributed by atoms with Crippen molar-refractivity contribution in [2.75, 3.05) is 24.2 Å². The molecule has 0 aliphatic carbocycles. The van der Waals surface area contributed by atoms with Crippen LogP contribution < -0.4 is 10.6 Å². The summed E-state index contributed by atoms with van der Waals surface area (Å²) >= 11 is 0. The first-order chi connectivity index (χ1) is 9.58. The summed E-state index contributed by atoms with van der Waals surface area (Å²) in [5, 5.41) is 8.88. The van der Waals surface area contributed by atoms with Crippen LogP contribution in [-0.2, 0) is 6.42 Å². The molecule has 1 aromatic carbocycles. The number of carboxylic acid groups (broad SMARTS) is 1. The minimum absolute atomic E-state index is 0.0997. The van der Waals surface area contributed by atoms with Crippen molar-refractivity contribution in [2.45, 2.75) is 6.42 Å². The normalized spacial score (nSPS) is 10.2. The molecule has 5 heteroatoms. The van der Waals surface area contributed by atoms with Gasteiger partial charge in [0.1, 0.15) is 0 Å². The Hall–Kier alpha value is -2.56. The van der Waals surface area contributed by atoms with Gasteiger partial charge in [-0.3, -0.25) is 0 Å².